The van der Waals surface area contributed by atoms with E-state index in [0.29, 0.717) is 12.3 Å². The van der Waals surface area contributed by atoms with Crippen molar-refractivity contribution in [3.63, 3.8) is 0 Å². The highest BCUT2D eigenvalue weighted by atomic mass is 16.4. The normalized spacial score (nSPS) is 12.7. The van der Waals surface area contributed by atoms with Crippen molar-refractivity contribution in [3.8, 4) is 0 Å². The summed E-state index contributed by atoms with van der Waals surface area (Å²) in [6.45, 7) is 5.72. The van der Waals surface area contributed by atoms with Crippen LogP contribution >= 0.6 is 0 Å². The van der Waals surface area contributed by atoms with Crippen molar-refractivity contribution in [3.05, 3.63) is 24.8 Å². The van der Waals surface area contributed by atoms with E-state index < -0.39 is 5.97 Å². The van der Waals surface area contributed by atoms with Gasteiger partial charge >= 0.3 is 5.97 Å². The highest BCUT2D eigenvalue weighted by molar-refractivity contribution is 5.66. The quantitative estimate of drug-likeness (QED) is 0.394. The topological polar surface area (TPSA) is 37.3 Å². The van der Waals surface area contributed by atoms with Gasteiger partial charge in [-0.15, -0.1) is 0 Å². The molecule has 0 aromatic heterocycles. The van der Waals surface area contributed by atoms with Gasteiger partial charge in [-0.05, 0) is 25.2 Å². The zero-order valence-electron chi connectivity index (χ0n) is 11.7. The van der Waals surface area contributed by atoms with Gasteiger partial charge in [0.05, 0.1) is 0 Å². The maximum absolute atomic E-state index is 10.6. The minimum Gasteiger partial charge on any atom is -0.481 e. The molecule has 0 aliphatic rings. The van der Waals surface area contributed by atoms with Crippen molar-refractivity contribution in [2.24, 2.45) is 5.92 Å². The number of hydrogen-bond acceptors (Lipinski definition) is 1. The van der Waals surface area contributed by atoms with Gasteiger partial charge in [0.2, 0.25) is 0 Å². The number of unbranched alkanes of at least 4 members (excludes halogenated alkanes) is 5. The molecule has 2 heteroatoms. The number of aliphatic carboxylic acids is 1. The number of hydrogen-bond donors (Lipinski definition) is 1. The van der Waals surface area contributed by atoms with E-state index in [4.69, 9.17) is 5.11 Å². The second-order valence-electron chi connectivity index (χ2n) is 4.88. The van der Waals surface area contributed by atoms with Crippen LogP contribution in [0, 0.1) is 5.92 Å². The molecule has 18 heavy (non-hydrogen) atoms. The van der Waals surface area contributed by atoms with Crippen LogP contribution in [0.4, 0.5) is 0 Å². The van der Waals surface area contributed by atoms with Gasteiger partial charge in [0, 0.05) is 6.42 Å². The molecule has 0 amide bonds. The van der Waals surface area contributed by atoms with E-state index in [9.17, 15) is 4.79 Å². The van der Waals surface area contributed by atoms with E-state index >= 15 is 0 Å². The number of rotatable bonds is 12. The standard InChI is InChI=1S/C16H28O2/c1-3-5-6-7-8-9-10-11-12-13-15(4-2)14-16(17)18/h3,5-6,15H,1,4,7-14H2,2H3,(H,17,18)/b6-5+. The van der Waals surface area contributed by atoms with Gasteiger partial charge in [-0.3, -0.25) is 4.79 Å². The van der Waals surface area contributed by atoms with Gasteiger partial charge in [0.1, 0.15) is 0 Å². The highest BCUT2D eigenvalue weighted by Crippen LogP contribution is 2.18. The molecule has 0 bridgehead atoms. The summed E-state index contributed by atoms with van der Waals surface area (Å²) >= 11 is 0. The minimum atomic E-state index is -0.657. The monoisotopic (exact) mass is 252 g/mol. The molecule has 104 valence electrons. The lowest BCUT2D eigenvalue weighted by Gasteiger charge is -2.11. The van der Waals surface area contributed by atoms with Gasteiger partial charge in [-0.25, -0.2) is 0 Å². The first kappa shape index (κ1) is 16.9. The van der Waals surface area contributed by atoms with Crippen molar-refractivity contribution >= 4 is 5.97 Å². The second kappa shape index (κ2) is 12.4. The van der Waals surface area contributed by atoms with Crippen molar-refractivity contribution in [2.75, 3.05) is 0 Å². The van der Waals surface area contributed by atoms with Gasteiger partial charge in [0.25, 0.3) is 0 Å². The Kier molecular flexibility index (Phi) is 11.7. The number of carbonyl (C=O) groups is 1. The molecule has 0 heterocycles. The Hall–Kier alpha value is -1.05. The zero-order valence-corrected chi connectivity index (χ0v) is 11.7. The number of carboxylic acid groups (broad SMARTS) is 1. The van der Waals surface area contributed by atoms with Crippen molar-refractivity contribution in [1.29, 1.82) is 0 Å². The van der Waals surface area contributed by atoms with Gasteiger partial charge in [-0.1, -0.05) is 63.8 Å². The molecule has 0 aliphatic carbocycles. The van der Waals surface area contributed by atoms with E-state index in [2.05, 4.69) is 19.6 Å². The highest BCUT2D eigenvalue weighted by Gasteiger charge is 2.10. The maximum atomic E-state index is 10.6. The Morgan fingerprint density at radius 1 is 1.22 bits per heavy atom. The summed E-state index contributed by atoms with van der Waals surface area (Å²) in [6.07, 6.45) is 15.7. The Bertz CT molecular complexity index is 243. The van der Waals surface area contributed by atoms with Crippen LogP contribution < -0.4 is 0 Å². The molecule has 2 nitrogen and oxygen atoms in total. The molecule has 0 aromatic rings. The molecule has 0 aromatic carbocycles. The van der Waals surface area contributed by atoms with Crippen LogP contribution in [-0.2, 0) is 4.79 Å². The van der Waals surface area contributed by atoms with E-state index in [-0.39, 0.29) is 0 Å². The van der Waals surface area contributed by atoms with Gasteiger partial charge < -0.3 is 5.11 Å². The molecule has 0 spiro atoms. The summed E-state index contributed by atoms with van der Waals surface area (Å²) in [7, 11) is 0. The van der Waals surface area contributed by atoms with Crippen LogP contribution in [0.3, 0.4) is 0 Å². The van der Waals surface area contributed by atoms with Crippen LogP contribution in [0.5, 0.6) is 0 Å². The first-order valence-electron chi connectivity index (χ1n) is 7.20. The first-order chi connectivity index (χ1) is 8.70. The van der Waals surface area contributed by atoms with Crippen LogP contribution in [0.25, 0.3) is 0 Å². The second-order valence-corrected chi connectivity index (χ2v) is 4.88. The summed E-state index contributed by atoms with van der Waals surface area (Å²) in [5, 5.41) is 8.75. The Balaban J connectivity index is 3.35. The average molecular weight is 252 g/mol. The fourth-order valence-electron chi connectivity index (χ4n) is 2.12. The Labute approximate surface area is 112 Å². The lowest BCUT2D eigenvalue weighted by Crippen LogP contribution is -2.06. The molecule has 0 saturated heterocycles. The molecule has 1 atom stereocenters. The lowest BCUT2D eigenvalue weighted by atomic mass is 9.95. The van der Waals surface area contributed by atoms with Crippen LogP contribution in [0.15, 0.2) is 24.8 Å². The SMILES string of the molecule is C=C/C=C/CCCCCCCC(CC)CC(=O)O. The summed E-state index contributed by atoms with van der Waals surface area (Å²) in [5.74, 6) is -0.283. The van der Waals surface area contributed by atoms with Crippen LogP contribution in [0.1, 0.15) is 64.7 Å². The molecule has 0 radical (unpaired) electrons. The lowest BCUT2D eigenvalue weighted by molar-refractivity contribution is -0.138. The molecule has 0 rings (SSSR count). The third-order valence-electron chi connectivity index (χ3n) is 3.30. The summed E-state index contributed by atoms with van der Waals surface area (Å²) in [4.78, 5) is 10.6. The third kappa shape index (κ3) is 11.4. The van der Waals surface area contributed by atoms with Crippen molar-refractivity contribution in [1.82, 2.24) is 0 Å². The van der Waals surface area contributed by atoms with Gasteiger partial charge in [-0.2, -0.15) is 0 Å². The summed E-state index contributed by atoms with van der Waals surface area (Å²) in [6, 6.07) is 0. The number of carboxylic acids is 1. The van der Waals surface area contributed by atoms with E-state index in [0.717, 1.165) is 19.3 Å². The van der Waals surface area contributed by atoms with Crippen molar-refractivity contribution in [2.45, 2.75) is 64.7 Å². The molecular weight excluding hydrogens is 224 g/mol. The molecule has 0 fully saturated rings. The smallest absolute Gasteiger partial charge is 0.303 e. The molecule has 0 aliphatic heterocycles. The summed E-state index contributed by atoms with van der Waals surface area (Å²) in [5.41, 5.74) is 0. The Morgan fingerprint density at radius 3 is 2.50 bits per heavy atom. The fraction of sp³-hybridized carbons (Fsp3) is 0.688. The van der Waals surface area contributed by atoms with E-state index in [1.54, 1.807) is 0 Å². The summed E-state index contributed by atoms with van der Waals surface area (Å²) < 4.78 is 0. The van der Waals surface area contributed by atoms with Crippen LogP contribution in [0.2, 0.25) is 0 Å². The predicted molar refractivity (Wildman–Crippen MR) is 77.7 cm³/mol. The molecule has 1 N–H and O–H groups in total. The maximum Gasteiger partial charge on any atom is 0.303 e. The van der Waals surface area contributed by atoms with E-state index in [1.165, 1.54) is 32.1 Å². The molecular formula is C16H28O2. The fourth-order valence-corrected chi connectivity index (χ4v) is 2.12. The predicted octanol–water partition coefficient (Wildman–Crippen LogP) is 4.96. The van der Waals surface area contributed by atoms with Crippen LogP contribution in [-0.4, -0.2) is 11.1 Å². The minimum absolute atomic E-state index is 0.336. The van der Waals surface area contributed by atoms with Gasteiger partial charge in [0.15, 0.2) is 0 Å². The molecule has 1 unspecified atom stereocenters. The van der Waals surface area contributed by atoms with E-state index in [1.807, 2.05) is 12.2 Å². The zero-order chi connectivity index (χ0) is 13.6. The molecule has 0 saturated carbocycles. The average Bonchev–Trinajstić information content (AvgIpc) is 2.35. The first-order valence-corrected chi connectivity index (χ1v) is 7.20. The number of allylic oxidation sites excluding steroid dienone is 3. The van der Waals surface area contributed by atoms with Crippen molar-refractivity contribution < 1.29 is 9.90 Å². The Morgan fingerprint density at radius 2 is 1.89 bits per heavy atom. The third-order valence-corrected chi connectivity index (χ3v) is 3.30. The largest absolute Gasteiger partial charge is 0.481 e.